The minimum atomic E-state index is -4.92. The van der Waals surface area contributed by atoms with Crippen LogP contribution in [-0.4, -0.2) is 49.2 Å². The number of hydrogen-bond acceptors (Lipinski definition) is 3. The molecule has 0 aromatic carbocycles. The summed E-state index contributed by atoms with van der Waals surface area (Å²) in [6, 6.07) is 0. The third-order valence-electron chi connectivity index (χ3n) is 2.42. The molecule has 0 amide bonds. The van der Waals surface area contributed by atoms with E-state index in [0.29, 0.717) is 0 Å². The molecule has 0 spiro atoms. The van der Waals surface area contributed by atoms with E-state index in [9.17, 15) is 0 Å². The van der Waals surface area contributed by atoms with Crippen molar-refractivity contribution in [2.45, 2.75) is 20.3 Å². The van der Waals surface area contributed by atoms with Crippen LogP contribution in [0.25, 0.3) is 0 Å². The van der Waals surface area contributed by atoms with Gasteiger partial charge in [0.15, 0.2) is 0 Å². The lowest BCUT2D eigenvalue weighted by molar-refractivity contribution is -0.902. The molecule has 0 aromatic heterocycles. The molecule has 92 valence electrons. The summed E-state index contributed by atoms with van der Waals surface area (Å²) in [5.74, 6) is 1.86. The molecule has 1 fully saturated rings. The second kappa shape index (κ2) is 5.25. The minimum Gasteiger partial charge on any atom is -0.726 e. The molecule has 5 nitrogen and oxygen atoms in total. The Kier molecular flexibility index (Phi) is 5.19. The first kappa shape index (κ1) is 14.8. The fraction of sp³-hybridized carbons (Fsp3) is 1.00. The second-order valence-corrected chi connectivity index (χ2v) is 6.03. The molecule has 2 unspecified atom stereocenters. The van der Waals surface area contributed by atoms with Crippen LogP contribution in [0, 0.1) is 11.8 Å². The van der Waals surface area contributed by atoms with Gasteiger partial charge in [-0.05, 0) is 6.42 Å². The predicted octanol–water partition coefficient (Wildman–Crippen LogP) is 0.743. The molecule has 1 aliphatic heterocycles. The van der Waals surface area contributed by atoms with Gasteiger partial charge in [0.25, 0.3) is 0 Å². The van der Waals surface area contributed by atoms with Gasteiger partial charge in [0.05, 0.1) is 27.2 Å². The van der Waals surface area contributed by atoms with Gasteiger partial charge in [0, 0.05) is 11.8 Å². The first-order valence-electron chi connectivity index (χ1n) is 5.00. The van der Waals surface area contributed by atoms with Gasteiger partial charge in [-0.25, -0.2) is 8.42 Å². The van der Waals surface area contributed by atoms with Gasteiger partial charge in [-0.1, -0.05) is 13.8 Å². The Morgan fingerprint density at radius 3 is 1.67 bits per heavy atom. The van der Waals surface area contributed by atoms with Crippen LogP contribution in [0.3, 0.4) is 0 Å². The van der Waals surface area contributed by atoms with Crippen molar-refractivity contribution in [2.24, 2.45) is 11.8 Å². The molecule has 2 atom stereocenters. The van der Waals surface area contributed by atoms with E-state index in [1.165, 1.54) is 24.0 Å². The zero-order valence-corrected chi connectivity index (χ0v) is 10.6. The van der Waals surface area contributed by atoms with Crippen molar-refractivity contribution in [2.75, 3.05) is 27.2 Å². The van der Waals surface area contributed by atoms with Gasteiger partial charge in [0.1, 0.15) is 0 Å². The minimum absolute atomic E-state index is 0.929. The van der Waals surface area contributed by atoms with Crippen LogP contribution in [0.5, 0.6) is 0 Å². The molecule has 1 N–H and O–H groups in total. The summed E-state index contributed by atoms with van der Waals surface area (Å²) < 4.78 is 34.1. The third-order valence-corrected chi connectivity index (χ3v) is 2.42. The Morgan fingerprint density at radius 2 is 1.47 bits per heavy atom. The first-order chi connectivity index (χ1) is 6.49. The van der Waals surface area contributed by atoms with E-state index in [1.807, 2.05) is 0 Å². The SMILES string of the molecule is CC1CC(C)C[N+](C)(C)C1.O=S(=O)([O-])O. The zero-order chi connectivity index (χ0) is 12.3. The summed E-state index contributed by atoms with van der Waals surface area (Å²) in [6.07, 6.45) is 1.43. The number of rotatable bonds is 0. The fourth-order valence-electron chi connectivity index (χ4n) is 2.60. The topological polar surface area (TPSA) is 77.4 Å². The van der Waals surface area contributed by atoms with Crippen molar-refractivity contribution in [3.8, 4) is 0 Å². The van der Waals surface area contributed by atoms with Crippen molar-refractivity contribution in [3.05, 3.63) is 0 Å². The number of likely N-dealkylation sites (tertiary alicyclic amines) is 1. The molecule has 0 saturated carbocycles. The average molecular weight is 239 g/mol. The second-order valence-electron chi connectivity index (χ2n) is 5.17. The van der Waals surface area contributed by atoms with E-state index >= 15 is 0 Å². The van der Waals surface area contributed by atoms with Gasteiger partial charge in [-0.3, -0.25) is 4.55 Å². The number of nitrogens with zero attached hydrogens (tertiary/aromatic N) is 1. The van der Waals surface area contributed by atoms with Crippen LogP contribution in [0.15, 0.2) is 0 Å². The average Bonchev–Trinajstić information content (AvgIpc) is 1.73. The normalized spacial score (nSPS) is 30.3. The predicted molar refractivity (Wildman–Crippen MR) is 57.1 cm³/mol. The maximum absolute atomic E-state index is 8.63. The lowest BCUT2D eigenvalue weighted by Gasteiger charge is -2.40. The van der Waals surface area contributed by atoms with E-state index in [0.717, 1.165) is 11.8 Å². The van der Waals surface area contributed by atoms with Gasteiger partial charge >= 0.3 is 0 Å². The lowest BCUT2D eigenvalue weighted by Crippen LogP contribution is -2.49. The maximum atomic E-state index is 8.63. The van der Waals surface area contributed by atoms with Gasteiger partial charge in [0.2, 0.25) is 10.4 Å². The van der Waals surface area contributed by atoms with Crippen LogP contribution in [0.4, 0.5) is 0 Å². The molecule has 0 radical (unpaired) electrons. The van der Waals surface area contributed by atoms with E-state index < -0.39 is 10.4 Å². The largest absolute Gasteiger partial charge is 0.726 e. The van der Waals surface area contributed by atoms with Crippen molar-refractivity contribution >= 4 is 10.4 Å². The van der Waals surface area contributed by atoms with Crippen molar-refractivity contribution < 1.29 is 22.0 Å². The smallest absolute Gasteiger partial charge is 0.215 e. The Hall–Kier alpha value is -0.170. The number of quaternary nitrogens is 1. The molecular formula is C9H21NO4S. The zero-order valence-electron chi connectivity index (χ0n) is 9.80. The van der Waals surface area contributed by atoms with Crippen LogP contribution >= 0.6 is 0 Å². The molecule has 15 heavy (non-hydrogen) atoms. The van der Waals surface area contributed by atoms with Crippen LogP contribution < -0.4 is 0 Å². The van der Waals surface area contributed by atoms with Crippen LogP contribution in [0.1, 0.15) is 20.3 Å². The number of hydrogen-bond donors (Lipinski definition) is 1. The van der Waals surface area contributed by atoms with Crippen LogP contribution in [0.2, 0.25) is 0 Å². The van der Waals surface area contributed by atoms with Gasteiger partial charge in [-0.15, -0.1) is 0 Å². The highest BCUT2D eigenvalue weighted by Gasteiger charge is 2.28. The van der Waals surface area contributed by atoms with E-state index in [4.69, 9.17) is 17.5 Å². The van der Waals surface area contributed by atoms with E-state index in [-0.39, 0.29) is 0 Å². The highest BCUT2D eigenvalue weighted by molar-refractivity contribution is 7.79. The summed E-state index contributed by atoms with van der Waals surface area (Å²) in [5, 5.41) is 0. The summed E-state index contributed by atoms with van der Waals surface area (Å²) in [4.78, 5) is 0. The Morgan fingerprint density at radius 1 is 1.20 bits per heavy atom. The van der Waals surface area contributed by atoms with Crippen molar-refractivity contribution in [1.29, 1.82) is 0 Å². The Balaban J connectivity index is 0.000000336. The Labute approximate surface area is 92.3 Å². The summed E-state index contributed by atoms with van der Waals surface area (Å²) in [5.41, 5.74) is 0. The standard InChI is InChI=1S/C9H20N.H2O4S/c1-8-5-9(2)7-10(3,4)6-8;1-5(2,3)4/h8-9H,5-7H2,1-4H3;(H2,1,2,3,4)/q+1;/p-1. The first-order valence-corrected chi connectivity index (χ1v) is 6.36. The summed E-state index contributed by atoms with van der Waals surface area (Å²) >= 11 is 0. The summed E-state index contributed by atoms with van der Waals surface area (Å²) in [7, 11) is -0.238. The van der Waals surface area contributed by atoms with Gasteiger partial charge in [-0.2, -0.15) is 0 Å². The molecule has 0 aliphatic carbocycles. The van der Waals surface area contributed by atoms with E-state index in [1.54, 1.807) is 0 Å². The lowest BCUT2D eigenvalue weighted by atomic mass is 9.91. The van der Waals surface area contributed by atoms with Crippen molar-refractivity contribution in [3.63, 3.8) is 0 Å². The molecule has 0 aromatic rings. The quantitative estimate of drug-likeness (QED) is 0.384. The maximum Gasteiger partial charge on any atom is 0.215 e. The van der Waals surface area contributed by atoms with Crippen LogP contribution in [-0.2, 0) is 10.4 Å². The highest BCUT2D eigenvalue weighted by atomic mass is 32.3. The number of piperidine rings is 1. The molecule has 0 bridgehead atoms. The molecule has 1 saturated heterocycles. The van der Waals surface area contributed by atoms with Crippen molar-refractivity contribution in [1.82, 2.24) is 0 Å². The summed E-state index contributed by atoms with van der Waals surface area (Å²) in [6.45, 7) is 7.47. The van der Waals surface area contributed by atoms with Gasteiger partial charge < -0.3 is 9.04 Å². The third kappa shape index (κ3) is 10.1. The molecular weight excluding hydrogens is 218 g/mol. The molecule has 6 heteroatoms. The highest BCUT2D eigenvalue weighted by Crippen LogP contribution is 2.23. The monoisotopic (exact) mass is 239 g/mol. The molecule has 1 rings (SSSR count). The Bertz CT molecular complexity index is 266. The molecule has 1 aliphatic rings. The fourth-order valence-corrected chi connectivity index (χ4v) is 2.60. The van der Waals surface area contributed by atoms with E-state index in [2.05, 4.69) is 27.9 Å². The molecule has 1 heterocycles.